The van der Waals surface area contributed by atoms with Crippen molar-refractivity contribution in [3.8, 4) is 0 Å². The summed E-state index contributed by atoms with van der Waals surface area (Å²) < 4.78 is 22.9. The van der Waals surface area contributed by atoms with Crippen molar-refractivity contribution in [3.63, 3.8) is 0 Å². The van der Waals surface area contributed by atoms with Crippen LogP contribution in [-0.4, -0.2) is 20.5 Å². The highest BCUT2D eigenvalue weighted by Gasteiger charge is 2.24. The smallest absolute Gasteiger partial charge is 0.175 e. The number of hydrogen-bond donors (Lipinski definition) is 1. The molecule has 0 aliphatic carbocycles. The van der Waals surface area contributed by atoms with Crippen LogP contribution in [0.1, 0.15) is 11.1 Å². The van der Waals surface area contributed by atoms with E-state index in [0.717, 1.165) is 16.8 Å². The first-order valence-corrected chi connectivity index (χ1v) is 8.10. The second kappa shape index (κ2) is 4.45. The van der Waals surface area contributed by atoms with Gasteiger partial charge in [-0.1, -0.05) is 24.3 Å². The summed E-state index contributed by atoms with van der Waals surface area (Å²) in [5, 5.41) is 8.21. The Balaban J connectivity index is 1.95. The lowest BCUT2D eigenvalue weighted by molar-refractivity contribution is 0.602. The standard InChI is InChI=1S/C15H14N2O2S/c1-20(18,19)13-8-6-12(7-9-13)17-10-11-4-2-3-5-14(11)15(17)16/h2-9,16H,10H2,1H3. The maximum Gasteiger partial charge on any atom is 0.175 e. The van der Waals surface area contributed by atoms with Gasteiger partial charge in [0.05, 0.1) is 11.4 Å². The molecular weight excluding hydrogens is 272 g/mol. The first-order valence-electron chi connectivity index (χ1n) is 6.21. The molecule has 0 radical (unpaired) electrons. The molecule has 3 rings (SSSR count). The van der Waals surface area contributed by atoms with Gasteiger partial charge in [-0.3, -0.25) is 5.41 Å². The topological polar surface area (TPSA) is 61.2 Å². The van der Waals surface area contributed by atoms with Crippen LogP contribution < -0.4 is 4.90 Å². The van der Waals surface area contributed by atoms with Gasteiger partial charge in [-0.2, -0.15) is 0 Å². The van der Waals surface area contributed by atoms with E-state index >= 15 is 0 Å². The number of rotatable bonds is 2. The van der Waals surface area contributed by atoms with Crippen molar-refractivity contribution in [1.82, 2.24) is 0 Å². The Hall–Kier alpha value is -2.14. The molecule has 1 aliphatic rings. The van der Waals surface area contributed by atoms with Crippen molar-refractivity contribution in [2.75, 3.05) is 11.2 Å². The Morgan fingerprint density at radius 3 is 2.30 bits per heavy atom. The van der Waals surface area contributed by atoms with Crippen LogP contribution in [0.15, 0.2) is 53.4 Å². The zero-order valence-corrected chi connectivity index (χ0v) is 11.8. The fraction of sp³-hybridized carbons (Fsp3) is 0.133. The molecule has 1 heterocycles. The van der Waals surface area contributed by atoms with Crippen LogP contribution in [0.4, 0.5) is 5.69 Å². The van der Waals surface area contributed by atoms with Gasteiger partial charge in [0.15, 0.2) is 9.84 Å². The molecule has 0 spiro atoms. The third-order valence-corrected chi connectivity index (χ3v) is 4.58. The SMILES string of the molecule is CS(=O)(=O)c1ccc(N2Cc3ccccc3C2=N)cc1. The van der Waals surface area contributed by atoms with Gasteiger partial charge in [-0.15, -0.1) is 0 Å². The summed E-state index contributed by atoms with van der Waals surface area (Å²) in [6.45, 7) is 0.646. The lowest BCUT2D eigenvalue weighted by Crippen LogP contribution is -2.22. The molecule has 0 amide bonds. The van der Waals surface area contributed by atoms with Crippen molar-refractivity contribution in [2.45, 2.75) is 11.4 Å². The van der Waals surface area contributed by atoms with Crippen molar-refractivity contribution < 1.29 is 8.42 Å². The van der Waals surface area contributed by atoms with E-state index in [4.69, 9.17) is 5.41 Å². The number of fused-ring (bicyclic) bond motifs is 1. The second-order valence-electron chi connectivity index (χ2n) is 4.86. The van der Waals surface area contributed by atoms with Gasteiger partial charge in [-0.25, -0.2) is 8.42 Å². The van der Waals surface area contributed by atoms with E-state index in [2.05, 4.69) is 0 Å². The highest BCUT2D eigenvalue weighted by atomic mass is 32.2. The quantitative estimate of drug-likeness (QED) is 0.922. The van der Waals surface area contributed by atoms with E-state index < -0.39 is 9.84 Å². The van der Waals surface area contributed by atoms with Crippen LogP contribution in [0.25, 0.3) is 0 Å². The molecule has 5 heteroatoms. The van der Waals surface area contributed by atoms with Crippen LogP contribution in [0, 0.1) is 5.41 Å². The Kier molecular flexibility index (Phi) is 2.87. The minimum atomic E-state index is -3.18. The summed E-state index contributed by atoms with van der Waals surface area (Å²) in [4.78, 5) is 2.17. The summed E-state index contributed by atoms with van der Waals surface area (Å²) in [5.74, 6) is 0.452. The molecule has 0 saturated carbocycles. The predicted molar refractivity (Wildman–Crippen MR) is 79.0 cm³/mol. The highest BCUT2D eigenvalue weighted by molar-refractivity contribution is 7.90. The first kappa shape index (κ1) is 12.9. The van der Waals surface area contributed by atoms with E-state index in [9.17, 15) is 8.42 Å². The van der Waals surface area contributed by atoms with Gasteiger partial charge >= 0.3 is 0 Å². The average molecular weight is 286 g/mol. The number of benzene rings is 2. The molecule has 0 atom stereocenters. The fourth-order valence-electron chi connectivity index (χ4n) is 2.38. The number of nitrogens with one attached hydrogen (secondary N) is 1. The fourth-order valence-corrected chi connectivity index (χ4v) is 3.01. The maximum atomic E-state index is 11.5. The lowest BCUT2D eigenvalue weighted by Gasteiger charge is -2.18. The Morgan fingerprint density at radius 1 is 1.05 bits per heavy atom. The van der Waals surface area contributed by atoms with Crippen molar-refractivity contribution in [2.24, 2.45) is 0 Å². The van der Waals surface area contributed by atoms with Crippen LogP contribution >= 0.6 is 0 Å². The van der Waals surface area contributed by atoms with Gasteiger partial charge in [0.2, 0.25) is 0 Å². The second-order valence-corrected chi connectivity index (χ2v) is 6.87. The van der Waals surface area contributed by atoms with E-state index in [1.165, 1.54) is 6.26 Å². The first-order chi connectivity index (χ1) is 9.47. The molecule has 1 aliphatic heterocycles. The monoisotopic (exact) mass is 286 g/mol. The minimum absolute atomic E-state index is 0.296. The summed E-state index contributed by atoms with van der Waals surface area (Å²) in [5.41, 5.74) is 2.88. The van der Waals surface area contributed by atoms with Crippen LogP contribution in [0.2, 0.25) is 0 Å². The third-order valence-electron chi connectivity index (χ3n) is 3.45. The molecule has 1 N–H and O–H groups in total. The largest absolute Gasteiger partial charge is 0.322 e. The van der Waals surface area contributed by atoms with Gasteiger partial charge < -0.3 is 4.90 Å². The normalized spacial score (nSPS) is 14.4. The Bertz CT molecular complexity index is 780. The molecule has 0 fully saturated rings. The molecular formula is C15H14N2O2S. The zero-order chi connectivity index (χ0) is 14.3. The van der Waals surface area contributed by atoms with Crippen LogP contribution in [-0.2, 0) is 16.4 Å². The van der Waals surface area contributed by atoms with Crippen molar-refractivity contribution in [3.05, 3.63) is 59.7 Å². The number of sulfone groups is 1. The van der Waals surface area contributed by atoms with Crippen molar-refractivity contribution >= 4 is 21.4 Å². The molecule has 0 bridgehead atoms. The van der Waals surface area contributed by atoms with Gasteiger partial charge in [0, 0.05) is 17.5 Å². The highest BCUT2D eigenvalue weighted by Crippen LogP contribution is 2.28. The molecule has 2 aromatic carbocycles. The van der Waals surface area contributed by atoms with E-state index in [1.807, 2.05) is 29.2 Å². The molecule has 0 saturated heterocycles. The molecule has 0 unspecified atom stereocenters. The number of amidine groups is 1. The van der Waals surface area contributed by atoms with Gasteiger partial charge in [0.1, 0.15) is 5.84 Å². The third kappa shape index (κ3) is 2.10. The maximum absolute atomic E-state index is 11.5. The van der Waals surface area contributed by atoms with Gasteiger partial charge in [-0.05, 0) is 29.8 Å². The molecule has 2 aromatic rings. The summed E-state index contributed by atoms with van der Waals surface area (Å²) in [7, 11) is -3.18. The zero-order valence-electron chi connectivity index (χ0n) is 11.0. The summed E-state index contributed by atoms with van der Waals surface area (Å²) >= 11 is 0. The van der Waals surface area contributed by atoms with Crippen LogP contribution in [0.3, 0.4) is 0 Å². The Morgan fingerprint density at radius 2 is 1.70 bits per heavy atom. The lowest BCUT2D eigenvalue weighted by atomic mass is 10.1. The van der Waals surface area contributed by atoms with E-state index in [-0.39, 0.29) is 0 Å². The van der Waals surface area contributed by atoms with E-state index in [1.54, 1.807) is 24.3 Å². The molecule has 0 aromatic heterocycles. The predicted octanol–water partition coefficient (Wildman–Crippen LogP) is 2.44. The molecule has 20 heavy (non-hydrogen) atoms. The minimum Gasteiger partial charge on any atom is -0.322 e. The van der Waals surface area contributed by atoms with Gasteiger partial charge in [0.25, 0.3) is 0 Å². The van der Waals surface area contributed by atoms with E-state index in [0.29, 0.717) is 17.3 Å². The summed E-state index contributed by atoms with van der Waals surface area (Å²) in [6.07, 6.45) is 1.19. The number of hydrogen-bond acceptors (Lipinski definition) is 3. The number of anilines is 1. The molecule has 4 nitrogen and oxygen atoms in total. The van der Waals surface area contributed by atoms with Crippen molar-refractivity contribution in [1.29, 1.82) is 5.41 Å². The average Bonchev–Trinajstić information content (AvgIpc) is 2.76. The molecule has 102 valence electrons. The summed E-state index contributed by atoms with van der Waals surface area (Å²) in [6, 6.07) is 14.5. The van der Waals surface area contributed by atoms with Crippen LogP contribution in [0.5, 0.6) is 0 Å². The number of nitrogens with zero attached hydrogens (tertiary/aromatic N) is 1. The Labute approximate surface area is 118 Å².